The number of carbonyl (C=O) groups is 1. The second-order valence-electron chi connectivity index (χ2n) is 4.98. The fraction of sp³-hybridized carbons (Fsp3) is 0.533. The molecule has 1 fully saturated rings. The van der Waals surface area contributed by atoms with Crippen LogP contribution in [0, 0.1) is 6.92 Å². The van der Waals surface area contributed by atoms with Gasteiger partial charge in [0.2, 0.25) is 0 Å². The molecule has 0 saturated carbocycles. The van der Waals surface area contributed by atoms with Gasteiger partial charge >= 0.3 is 5.97 Å². The second-order valence-corrected chi connectivity index (χ2v) is 4.98. The van der Waals surface area contributed by atoms with E-state index in [0.29, 0.717) is 23.6 Å². The number of carbonyl (C=O) groups excluding carboxylic acids is 1. The minimum absolute atomic E-state index is 0.405. The lowest BCUT2D eigenvalue weighted by Crippen LogP contribution is -2.38. The summed E-state index contributed by atoms with van der Waals surface area (Å²) in [7, 11) is 1.34. The Morgan fingerprint density at radius 1 is 1.38 bits per heavy atom. The molecule has 0 aromatic heterocycles. The molecule has 116 valence electrons. The second kappa shape index (κ2) is 7.28. The molecule has 0 unspecified atom stereocenters. The number of nitrogens with zero attached hydrogens (tertiary/aromatic N) is 1. The van der Waals surface area contributed by atoms with E-state index in [1.165, 1.54) is 7.11 Å². The van der Waals surface area contributed by atoms with E-state index in [-0.39, 0.29) is 0 Å². The smallest absolute Gasteiger partial charge is 0.338 e. The van der Waals surface area contributed by atoms with E-state index < -0.39 is 5.97 Å². The molecule has 0 bridgehead atoms. The molecule has 0 atom stereocenters. The van der Waals surface area contributed by atoms with Crippen molar-refractivity contribution in [3.8, 4) is 5.75 Å². The monoisotopic (exact) mass is 294 g/mol. The van der Waals surface area contributed by atoms with Crippen LogP contribution >= 0.6 is 0 Å². The van der Waals surface area contributed by atoms with Gasteiger partial charge in [0.15, 0.2) is 0 Å². The molecule has 1 aromatic rings. The molecular formula is C15H22N2O4. The van der Waals surface area contributed by atoms with Gasteiger partial charge in [0.05, 0.1) is 25.9 Å². The molecule has 1 aliphatic heterocycles. The highest BCUT2D eigenvalue weighted by atomic mass is 16.5. The minimum atomic E-state index is -0.417. The molecule has 1 aromatic carbocycles. The van der Waals surface area contributed by atoms with Crippen molar-refractivity contribution >= 4 is 11.7 Å². The first-order valence-electron chi connectivity index (χ1n) is 7.03. The van der Waals surface area contributed by atoms with E-state index >= 15 is 0 Å². The van der Waals surface area contributed by atoms with Crippen molar-refractivity contribution in [2.24, 2.45) is 0 Å². The zero-order chi connectivity index (χ0) is 15.2. The molecule has 0 radical (unpaired) electrons. The number of morpholine rings is 1. The Hall–Kier alpha value is -1.79. The SMILES string of the molecule is COC(=O)c1cc(N)c(C)c(OCCN2CCOCC2)c1. The number of anilines is 1. The Kier molecular flexibility index (Phi) is 5.41. The van der Waals surface area contributed by atoms with Crippen molar-refractivity contribution in [1.82, 2.24) is 4.90 Å². The molecule has 21 heavy (non-hydrogen) atoms. The Morgan fingerprint density at radius 2 is 2.10 bits per heavy atom. The molecule has 1 heterocycles. The standard InChI is InChI=1S/C15H22N2O4/c1-11-13(16)9-12(15(18)19-2)10-14(11)21-8-5-17-3-6-20-7-4-17/h9-10H,3-8,16H2,1-2H3. The van der Waals surface area contributed by atoms with Crippen LogP contribution in [0.4, 0.5) is 5.69 Å². The third kappa shape index (κ3) is 4.09. The van der Waals surface area contributed by atoms with Gasteiger partial charge in [-0.05, 0) is 19.1 Å². The average Bonchev–Trinajstić information content (AvgIpc) is 2.51. The van der Waals surface area contributed by atoms with Crippen LogP contribution in [-0.2, 0) is 9.47 Å². The number of methoxy groups -OCH3 is 1. The van der Waals surface area contributed by atoms with Crippen molar-refractivity contribution in [2.75, 3.05) is 52.3 Å². The van der Waals surface area contributed by atoms with E-state index in [4.69, 9.17) is 19.9 Å². The Morgan fingerprint density at radius 3 is 2.76 bits per heavy atom. The lowest BCUT2D eigenvalue weighted by Gasteiger charge is -2.26. The number of hydrogen-bond donors (Lipinski definition) is 1. The van der Waals surface area contributed by atoms with Crippen LogP contribution < -0.4 is 10.5 Å². The topological polar surface area (TPSA) is 74.0 Å². The summed E-state index contributed by atoms with van der Waals surface area (Å²) in [4.78, 5) is 13.9. The fourth-order valence-electron chi connectivity index (χ4n) is 2.20. The minimum Gasteiger partial charge on any atom is -0.492 e. The van der Waals surface area contributed by atoms with E-state index in [0.717, 1.165) is 38.4 Å². The van der Waals surface area contributed by atoms with Crippen LogP contribution in [0.1, 0.15) is 15.9 Å². The van der Waals surface area contributed by atoms with Gasteiger partial charge in [0, 0.05) is 30.9 Å². The maximum atomic E-state index is 11.6. The van der Waals surface area contributed by atoms with E-state index in [1.807, 2.05) is 6.92 Å². The summed E-state index contributed by atoms with van der Waals surface area (Å²) >= 11 is 0. The highest BCUT2D eigenvalue weighted by Crippen LogP contribution is 2.26. The van der Waals surface area contributed by atoms with Gasteiger partial charge in [-0.25, -0.2) is 4.79 Å². The number of nitrogen functional groups attached to an aromatic ring is 1. The van der Waals surface area contributed by atoms with E-state index in [9.17, 15) is 4.79 Å². The Balaban J connectivity index is 1.98. The lowest BCUT2D eigenvalue weighted by molar-refractivity contribution is 0.0322. The lowest BCUT2D eigenvalue weighted by atomic mass is 10.1. The van der Waals surface area contributed by atoms with Crippen LogP contribution in [0.25, 0.3) is 0 Å². The maximum Gasteiger partial charge on any atom is 0.338 e. The predicted molar refractivity (Wildman–Crippen MR) is 79.7 cm³/mol. The summed E-state index contributed by atoms with van der Waals surface area (Å²) in [5, 5.41) is 0. The van der Waals surface area contributed by atoms with Gasteiger partial charge in [0.1, 0.15) is 12.4 Å². The number of benzene rings is 1. The summed E-state index contributed by atoms with van der Waals surface area (Å²) in [5.74, 6) is 0.211. The molecule has 6 heteroatoms. The molecule has 2 N–H and O–H groups in total. The molecule has 0 amide bonds. The molecule has 6 nitrogen and oxygen atoms in total. The Bertz CT molecular complexity index is 499. The van der Waals surface area contributed by atoms with Crippen molar-refractivity contribution in [3.63, 3.8) is 0 Å². The fourth-order valence-corrected chi connectivity index (χ4v) is 2.20. The van der Waals surface area contributed by atoms with Crippen LogP contribution in [0.2, 0.25) is 0 Å². The van der Waals surface area contributed by atoms with Gasteiger partial charge in [-0.2, -0.15) is 0 Å². The normalized spacial score (nSPS) is 15.7. The average molecular weight is 294 g/mol. The summed E-state index contributed by atoms with van der Waals surface area (Å²) in [6.07, 6.45) is 0. The molecule has 1 saturated heterocycles. The Labute approximate surface area is 124 Å². The number of esters is 1. The van der Waals surface area contributed by atoms with Crippen molar-refractivity contribution in [1.29, 1.82) is 0 Å². The van der Waals surface area contributed by atoms with Crippen molar-refractivity contribution < 1.29 is 19.0 Å². The van der Waals surface area contributed by atoms with E-state index in [2.05, 4.69) is 4.90 Å². The van der Waals surface area contributed by atoms with Crippen molar-refractivity contribution in [2.45, 2.75) is 6.92 Å². The van der Waals surface area contributed by atoms with Crippen molar-refractivity contribution in [3.05, 3.63) is 23.3 Å². The van der Waals surface area contributed by atoms with Gasteiger partial charge in [-0.3, -0.25) is 4.90 Å². The maximum absolute atomic E-state index is 11.6. The number of rotatable bonds is 5. The summed E-state index contributed by atoms with van der Waals surface area (Å²) in [6.45, 7) is 6.63. The highest BCUT2D eigenvalue weighted by molar-refractivity contribution is 5.91. The molecule has 0 aliphatic carbocycles. The number of ether oxygens (including phenoxy) is 3. The van der Waals surface area contributed by atoms with Crippen LogP contribution in [-0.4, -0.2) is 57.4 Å². The third-order valence-electron chi connectivity index (χ3n) is 3.59. The molecular weight excluding hydrogens is 272 g/mol. The highest BCUT2D eigenvalue weighted by Gasteiger charge is 2.14. The predicted octanol–water partition coefficient (Wildman–Crippen LogP) is 1.07. The largest absolute Gasteiger partial charge is 0.492 e. The first kappa shape index (κ1) is 15.6. The molecule has 0 spiro atoms. The quantitative estimate of drug-likeness (QED) is 0.647. The number of hydrogen-bond acceptors (Lipinski definition) is 6. The van der Waals surface area contributed by atoms with Crippen LogP contribution in [0.15, 0.2) is 12.1 Å². The zero-order valence-electron chi connectivity index (χ0n) is 12.6. The van der Waals surface area contributed by atoms with Gasteiger partial charge in [-0.1, -0.05) is 0 Å². The third-order valence-corrected chi connectivity index (χ3v) is 3.59. The van der Waals surface area contributed by atoms with Gasteiger partial charge in [0.25, 0.3) is 0 Å². The summed E-state index contributed by atoms with van der Waals surface area (Å²) in [6, 6.07) is 3.28. The van der Waals surface area contributed by atoms with Gasteiger partial charge in [-0.15, -0.1) is 0 Å². The number of nitrogens with two attached hydrogens (primary N) is 1. The van der Waals surface area contributed by atoms with Gasteiger partial charge < -0.3 is 19.9 Å². The summed E-state index contributed by atoms with van der Waals surface area (Å²) < 4.78 is 15.8. The molecule has 1 aliphatic rings. The molecule has 2 rings (SSSR count). The summed E-state index contributed by atoms with van der Waals surface area (Å²) in [5.41, 5.74) is 7.68. The van der Waals surface area contributed by atoms with E-state index in [1.54, 1.807) is 12.1 Å². The van der Waals surface area contributed by atoms with Crippen LogP contribution in [0.3, 0.4) is 0 Å². The zero-order valence-corrected chi connectivity index (χ0v) is 12.6. The first-order valence-corrected chi connectivity index (χ1v) is 7.03. The first-order chi connectivity index (χ1) is 10.1. The van der Waals surface area contributed by atoms with Crippen LogP contribution in [0.5, 0.6) is 5.75 Å².